The summed E-state index contributed by atoms with van der Waals surface area (Å²) in [7, 11) is -1.98. The van der Waals surface area contributed by atoms with Gasteiger partial charge in [-0.15, -0.1) is 0 Å². The summed E-state index contributed by atoms with van der Waals surface area (Å²) < 4.78 is 24.6. The molecule has 2 rings (SSSR count). The first-order valence-corrected chi connectivity index (χ1v) is 11.2. The molecule has 2 aromatic carbocycles. The van der Waals surface area contributed by atoms with Gasteiger partial charge in [0.25, 0.3) is 5.91 Å². The van der Waals surface area contributed by atoms with Crippen LogP contribution in [-0.2, 0) is 15.8 Å². The Kier molecular flexibility index (Phi) is 7.11. The van der Waals surface area contributed by atoms with Crippen molar-refractivity contribution in [2.75, 3.05) is 29.9 Å². The number of aryl methyl sites for hydroxylation is 1. The van der Waals surface area contributed by atoms with Crippen LogP contribution in [0.2, 0.25) is 0 Å². The molecule has 7 heteroatoms. The van der Waals surface area contributed by atoms with E-state index in [9.17, 15) is 13.2 Å². The predicted molar refractivity (Wildman–Crippen MR) is 109 cm³/mol. The number of carbonyl (C=O) groups is 1. The predicted octanol–water partition coefficient (Wildman–Crippen LogP) is 3.05. The lowest BCUT2D eigenvalue weighted by Gasteiger charge is -2.19. The molecule has 2 aromatic rings. The summed E-state index contributed by atoms with van der Waals surface area (Å²) >= 11 is 1.74. The second-order valence-electron chi connectivity index (χ2n) is 6.04. The second-order valence-corrected chi connectivity index (χ2v) is 9.16. The summed E-state index contributed by atoms with van der Waals surface area (Å²) in [5.74, 6) is 1.40. The molecule has 0 saturated carbocycles. The number of sulfonamides is 1. The van der Waals surface area contributed by atoms with Gasteiger partial charge < -0.3 is 5.32 Å². The van der Waals surface area contributed by atoms with Gasteiger partial charge in [0.2, 0.25) is 10.0 Å². The maximum absolute atomic E-state index is 12.4. The molecule has 0 heterocycles. The van der Waals surface area contributed by atoms with Gasteiger partial charge in [-0.2, -0.15) is 11.8 Å². The van der Waals surface area contributed by atoms with Crippen LogP contribution in [0.5, 0.6) is 0 Å². The molecule has 0 aromatic heterocycles. The van der Waals surface area contributed by atoms with Gasteiger partial charge in [0.15, 0.2) is 0 Å². The fourth-order valence-electron chi connectivity index (χ4n) is 2.33. The standard InChI is InChI=1S/C19H24N2O3S2/c1-15-8-10-16(11-9-15)14-25-13-12-20-19(22)17-6-4-5-7-18(17)21(2)26(3,23)24/h4-11H,12-14H2,1-3H3,(H,20,22). The van der Waals surface area contributed by atoms with Crippen LogP contribution in [0.3, 0.4) is 0 Å². The fraction of sp³-hybridized carbons (Fsp3) is 0.316. The van der Waals surface area contributed by atoms with Crippen molar-refractivity contribution in [2.24, 2.45) is 0 Å². The highest BCUT2D eigenvalue weighted by Crippen LogP contribution is 2.21. The van der Waals surface area contributed by atoms with Gasteiger partial charge in [0.1, 0.15) is 0 Å². The Hall–Kier alpha value is -1.99. The average Bonchev–Trinajstić information content (AvgIpc) is 2.61. The number of para-hydroxylation sites is 1. The van der Waals surface area contributed by atoms with E-state index in [0.29, 0.717) is 17.8 Å². The third-order valence-corrected chi connectivity index (χ3v) is 6.13. The van der Waals surface area contributed by atoms with Gasteiger partial charge >= 0.3 is 0 Å². The molecule has 0 aliphatic heterocycles. The first-order valence-electron chi connectivity index (χ1n) is 8.23. The van der Waals surface area contributed by atoms with Gasteiger partial charge in [-0.1, -0.05) is 42.0 Å². The molecule has 0 aliphatic carbocycles. The van der Waals surface area contributed by atoms with E-state index in [4.69, 9.17) is 0 Å². The van der Waals surface area contributed by atoms with Crippen molar-refractivity contribution in [3.63, 3.8) is 0 Å². The molecule has 0 aliphatic rings. The first kappa shape index (κ1) is 20.3. The lowest BCUT2D eigenvalue weighted by Crippen LogP contribution is -2.30. The molecule has 1 N–H and O–H groups in total. The SMILES string of the molecule is Cc1ccc(CSCCNC(=O)c2ccccc2N(C)S(C)(=O)=O)cc1. The number of rotatable bonds is 8. The molecule has 0 fully saturated rings. The third kappa shape index (κ3) is 5.78. The number of hydrogen-bond donors (Lipinski definition) is 1. The van der Waals surface area contributed by atoms with Gasteiger partial charge in [0.05, 0.1) is 17.5 Å². The lowest BCUT2D eigenvalue weighted by atomic mass is 10.1. The topological polar surface area (TPSA) is 66.5 Å². The molecule has 5 nitrogen and oxygen atoms in total. The van der Waals surface area contributed by atoms with Crippen molar-refractivity contribution in [2.45, 2.75) is 12.7 Å². The molecular formula is C19H24N2O3S2. The summed E-state index contributed by atoms with van der Waals surface area (Å²) in [6, 6.07) is 15.1. The monoisotopic (exact) mass is 392 g/mol. The lowest BCUT2D eigenvalue weighted by molar-refractivity contribution is 0.0957. The van der Waals surface area contributed by atoms with Crippen molar-refractivity contribution in [3.05, 3.63) is 65.2 Å². The largest absolute Gasteiger partial charge is 0.351 e. The van der Waals surface area contributed by atoms with E-state index in [1.165, 1.54) is 18.2 Å². The van der Waals surface area contributed by atoms with Crippen LogP contribution >= 0.6 is 11.8 Å². The Balaban J connectivity index is 1.87. The fourth-order valence-corrected chi connectivity index (χ4v) is 3.66. The molecule has 0 radical (unpaired) electrons. The maximum atomic E-state index is 12.4. The maximum Gasteiger partial charge on any atom is 0.253 e. The number of hydrogen-bond acceptors (Lipinski definition) is 4. The Labute approximate surface area is 159 Å². The van der Waals surface area contributed by atoms with Crippen LogP contribution in [-0.4, -0.2) is 39.9 Å². The van der Waals surface area contributed by atoms with E-state index in [2.05, 4.69) is 36.5 Å². The van der Waals surface area contributed by atoms with Crippen molar-refractivity contribution in [3.8, 4) is 0 Å². The summed E-state index contributed by atoms with van der Waals surface area (Å²) in [5, 5.41) is 2.86. The van der Waals surface area contributed by atoms with Crippen LogP contribution in [0.25, 0.3) is 0 Å². The van der Waals surface area contributed by atoms with Gasteiger partial charge in [-0.05, 0) is 24.6 Å². The molecule has 0 saturated heterocycles. The molecular weight excluding hydrogens is 368 g/mol. The Bertz CT molecular complexity index is 849. The van der Waals surface area contributed by atoms with Crippen LogP contribution in [0, 0.1) is 6.92 Å². The summed E-state index contributed by atoms with van der Waals surface area (Å²) in [5.41, 5.74) is 3.22. The minimum Gasteiger partial charge on any atom is -0.351 e. The molecule has 26 heavy (non-hydrogen) atoms. The van der Waals surface area contributed by atoms with Gasteiger partial charge in [-0.25, -0.2) is 8.42 Å². The van der Waals surface area contributed by atoms with Crippen LogP contribution < -0.4 is 9.62 Å². The number of carbonyl (C=O) groups excluding carboxylic acids is 1. The van der Waals surface area contributed by atoms with E-state index in [-0.39, 0.29) is 5.91 Å². The molecule has 0 bridgehead atoms. The van der Waals surface area contributed by atoms with Gasteiger partial charge in [0, 0.05) is 25.1 Å². The Morgan fingerprint density at radius 2 is 1.77 bits per heavy atom. The van der Waals surface area contributed by atoms with E-state index in [1.54, 1.807) is 36.0 Å². The highest BCUT2D eigenvalue weighted by Gasteiger charge is 2.19. The molecule has 1 amide bonds. The molecule has 0 unspecified atom stereocenters. The average molecular weight is 393 g/mol. The summed E-state index contributed by atoms with van der Waals surface area (Å²) in [6.07, 6.45) is 1.11. The number of anilines is 1. The minimum atomic E-state index is -3.43. The van der Waals surface area contributed by atoms with Crippen molar-refractivity contribution in [1.29, 1.82) is 0 Å². The minimum absolute atomic E-state index is 0.271. The quantitative estimate of drug-likeness (QED) is 0.701. The van der Waals surface area contributed by atoms with Gasteiger partial charge in [-0.3, -0.25) is 9.10 Å². The van der Waals surface area contributed by atoms with E-state index in [1.807, 2.05) is 0 Å². The highest BCUT2D eigenvalue weighted by atomic mass is 32.2. The smallest absolute Gasteiger partial charge is 0.253 e. The second kappa shape index (κ2) is 9.09. The van der Waals surface area contributed by atoms with Crippen LogP contribution in [0.4, 0.5) is 5.69 Å². The number of amides is 1. The Morgan fingerprint density at radius 3 is 2.42 bits per heavy atom. The highest BCUT2D eigenvalue weighted by molar-refractivity contribution is 7.98. The third-order valence-electron chi connectivity index (χ3n) is 3.91. The van der Waals surface area contributed by atoms with Crippen molar-refractivity contribution in [1.82, 2.24) is 5.32 Å². The van der Waals surface area contributed by atoms with E-state index < -0.39 is 10.0 Å². The van der Waals surface area contributed by atoms with E-state index in [0.717, 1.165) is 22.1 Å². The number of thioether (sulfide) groups is 1. The Morgan fingerprint density at radius 1 is 1.12 bits per heavy atom. The molecule has 0 atom stereocenters. The normalized spacial score (nSPS) is 11.2. The van der Waals surface area contributed by atoms with Crippen LogP contribution in [0.15, 0.2) is 48.5 Å². The van der Waals surface area contributed by atoms with Crippen molar-refractivity contribution < 1.29 is 13.2 Å². The zero-order valence-electron chi connectivity index (χ0n) is 15.2. The molecule has 0 spiro atoms. The van der Waals surface area contributed by atoms with Crippen LogP contribution in [0.1, 0.15) is 21.5 Å². The summed E-state index contributed by atoms with van der Waals surface area (Å²) in [4.78, 5) is 12.4. The van der Waals surface area contributed by atoms with E-state index >= 15 is 0 Å². The van der Waals surface area contributed by atoms with Crippen molar-refractivity contribution >= 4 is 33.4 Å². The molecule has 140 valence electrons. The zero-order valence-corrected chi connectivity index (χ0v) is 16.9. The number of nitrogens with zero attached hydrogens (tertiary/aromatic N) is 1. The summed E-state index contributed by atoms with van der Waals surface area (Å²) in [6.45, 7) is 2.58. The zero-order chi connectivity index (χ0) is 19.2. The first-order chi connectivity index (χ1) is 12.3. The number of nitrogens with one attached hydrogen (secondary N) is 1. The number of benzene rings is 2.